The Morgan fingerprint density at radius 2 is 1.91 bits per heavy atom. The first-order valence-electron chi connectivity index (χ1n) is 11.4. The number of hydrogen-bond donors (Lipinski definition) is 1. The highest BCUT2D eigenvalue weighted by Crippen LogP contribution is 2.37. The van der Waals surface area contributed by atoms with Crippen LogP contribution in [0.25, 0.3) is 0 Å². The summed E-state index contributed by atoms with van der Waals surface area (Å²) in [6.07, 6.45) is 3.72. The fourth-order valence-corrected chi connectivity index (χ4v) is 4.66. The van der Waals surface area contributed by atoms with E-state index in [0.29, 0.717) is 44.2 Å². The van der Waals surface area contributed by atoms with Crippen molar-refractivity contribution in [2.24, 2.45) is 0 Å². The molecule has 0 radical (unpaired) electrons. The minimum atomic E-state index is -0.929. The number of hydrogen-bond acceptors (Lipinski definition) is 5. The van der Waals surface area contributed by atoms with Crippen molar-refractivity contribution in [1.29, 1.82) is 0 Å². The second-order valence-electron chi connectivity index (χ2n) is 9.10. The predicted molar refractivity (Wildman–Crippen MR) is 120 cm³/mol. The molecule has 2 aromatic rings. The SMILES string of the molecule is CC(C)NC[C@H](C(=O)N1CCN(c2ncnc3c2[C@H](C)CC3)CC1)c1ccc(F)c(F)c1. The normalized spacial score (nSPS) is 19.4. The number of aryl methyl sites for hydroxylation is 1. The molecule has 1 amide bonds. The molecule has 0 saturated carbocycles. The van der Waals surface area contributed by atoms with E-state index in [-0.39, 0.29) is 11.9 Å². The lowest BCUT2D eigenvalue weighted by Gasteiger charge is -2.38. The molecule has 2 heterocycles. The fraction of sp³-hybridized carbons (Fsp3) is 0.542. The summed E-state index contributed by atoms with van der Waals surface area (Å²) >= 11 is 0. The third-order valence-electron chi connectivity index (χ3n) is 6.52. The molecular weight excluding hydrogens is 412 g/mol. The van der Waals surface area contributed by atoms with Gasteiger partial charge >= 0.3 is 0 Å². The molecule has 1 aliphatic heterocycles. The van der Waals surface area contributed by atoms with Crippen molar-refractivity contribution in [2.45, 2.75) is 51.5 Å². The minimum absolute atomic E-state index is 0.0647. The number of halogens is 2. The van der Waals surface area contributed by atoms with Crippen molar-refractivity contribution < 1.29 is 13.6 Å². The predicted octanol–water partition coefficient (Wildman–Crippen LogP) is 3.23. The molecule has 1 N–H and O–H groups in total. The molecule has 0 spiro atoms. The molecule has 2 atom stereocenters. The van der Waals surface area contributed by atoms with Crippen molar-refractivity contribution >= 4 is 11.7 Å². The van der Waals surface area contributed by atoms with E-state index < -0.39 is 17.6 Å². The molecule has 1 fully saturated rings. The molecule has 8 heteroatoms. The van der Waals surface area contributed by atoms with Gasteiger partial charge in [0.2, 0.25) is 5.91 Å². The molecule has 6 nitrogen and oxygen atoms in total. The third kappa shape index (κ3) is 4.60. The van der Waals surface area contributed by atoms with Gasteiger partial charge in [0, 0.05) is 50.0 Å². The van der Waals surface area contributed by atoms with Gasteiger partial charge in [-0.3, -0.25) is 4.79 Å². The van der Waals surface area contributed by atoms with Gasteiger partial charge in [-0.25, -0.2) is 18.7 Å². The van der Waals surface area contributed by atoms with Crippen LogP contribution in [0.1, 0.15) is 55.8 Å². The van der Waals surface area contributed by atoms with Crippen molar-refractivity contribution in [3.8, 4) is 0 Å². The maximum Gasteiger partial charge on any atom is 0.231 e. The second kappa shape index (κ2) is 9.48. The summed E-state index contributed by atoms with van der Waals surface area (Å²) in [5.74, 6) is -1.03. The first-order chi connectivity index (χ1) is 15.3. The number of piperazine rings is 1. The lowest BCUT2D eigenvalue weighted by atomic mass is 9.96. The van der Waals surface area contributed by atoms with Gasteiger partial charge in [0.05, 0.1) is 5.92 Å². The Kier molecular flexibility index (Phi) is 6.69. The lowest BCUT2D eigenvalue weighted by Crippen LogP contribution is -2.51. The van der Waals surface area contributed by atoms with E-state index in [1.807, 2.05) is 18.7 Å². The average Bonchev–Trinajstić information content (AvgIpc) is 3.17. The number of nitrogens with zero attached hydrogens (tertiary/aromatic N) is 4. The molecule has 4 rings (SSSR count). The van der Waals surface area contributed by atoms with Gasteiger partial charge < -0.3 is 15.1 Å². The Bertz CT molecular complexity index is 975. The Hall–Kier alpha value is -2.61. The first kappa shape index (κ1) is 22.6. The molecule has 0 bridgehead atoms. The van der Waals surface area contributed by atoms with Gasteiger partial charge in [0.1, 0.15) is 12.1 Å². The standard InChI is InChI=1S/C24H31F2N5O/c1-15(2)27-13-18(17-5-6-19(25)20(26)12-17)24(32)31-10-8-30(9-11-31)23-22-16(3)4-7-21(22)28-14-29-23/h5-6,12,14-16,18,27H,4,7-11,13H2,1-3H3/t16-,18+/m1/s1. The van der Waals surface area contributed by atoms with E-state index in [2.05, 4.69) is 27.1 Å². The summed E-state index contributed by atoms with van der Waals surface area (Å²) in [6.45, 7) is 9.07. The first-order valence-corrected chi connectivity index (χ1v) is 11.4. The maximum atomic E-state index is 13.9. The zero-order valence-electron chi connectivity index (χ0n) is 18.9. The number of nitrogens with one attached hydrogen (secondary N) is 1. The molecular formula is C24H31F2N5O. The zero-order valence-corrected chi connectivity index (χ0v) is 18.9. The van der Waals surface area contributed by atoms with Crippen molar-refractivity contribution in [1.82, 2.24) is 20.2 Å². The van der Waals surface area contributed by atoms with Gasteiger partial charge in [-0.2, -0.15) is 0 Å². The van der Waals surface area contributed by atoms with Crippen LogP contribution >= 0.6 is 0 Å². The summed E-state index contributed by atoms with van der Waals surface area (Å²) in [6, 6.07) is 3.91. The van der Waals surface area contributed by atoms with Gasteiger partial charge in [0.25, 0.3) is 0 Å². The Labute approximate surface area is 188 Å². The van der Waals surface area contributed by atoms with Crippen molar-refractivity contribution in [3.05, 3.63) is 53.0 Å². The number of anilines is 1. The molecule has 1 aliphatic carbocycles. The van der Waals surface area contributed by atoms with E-state index in [9.17, 15) is 13.6 Å². The van der Waals surface area contributed by atoms with Gasteiger partial charge in [-0.1, -0.05) is 26.8 Å². The van der Waals surface area contributed by atoms with Gasteiger partial charge in [-0.05, 0) is 36.5 Å². The Balaban J connectivity index is 1.48. The summed E-state index contributed by atoms with van der Waals surface area (Å²) < 4.78 is 27.3. The maximum absolute atomic E-state index is 13.9. The third-order valence-corrected chi connectivity index (χ3v) is 6.52. The van der Waals surface area contributed by atoms with E-state index in [4.69, 9.17) is 0 Å². The highest BCUT2D eigenvalue weighted by molar-refractivity contribution is 5.84. The van der Waals surface area contributed by atoms with Crippen LogP contribution in [0.3, 0.4) is 0 Å². The molecule has 1 aromatic heterocycles. The van der Waals surface area contributed by atoms with Crippen LogP contribution in [0, 0.1) is 11.6 Å². The van der Waals surface area contributed by atoms with Crippen LogP contribution in [0.2, 0.25) is 0 Å². The Morgan fingerprint density at radius 3 is 2.59 bits per heavy atom. The highest BCUT2D eigenvalue weighted by atomic mass is 19.2. The van der Waals surface area contributed by atoms with E-state index in [1.165, 1.54) is 11.6 Å². The minimum Gasteiger partial charge on any atom is -0.353 e. The number of carbonyl (C=O) groups excluding carboxylic acids is 1. The molecule has 1 saturated heterocycles. The summed E-state index contributed by atoms with van der Waals surface area (Å²) in [4.78, 5) is 26.5. The van der Waals surface area contributed by atoms with Crippen LogP contribution in [0.4, 0.5) is 14.6 Å². The smallest absolute Gasteiger partial charge is 0.231 e. The summed E-state index contributed by atoms with van der Waals surface area (Å²) in [5, 5.41) is 3.27. The fourth-order valence-electron chi connectivity index (χ4n) is 4.66. The molecule has 1 aromatic carbocycles. The van der Waals surface area contributed by atoms with Crippen LogP contribution in [-0.2, 0) is 11.2 Å². The van der Waals surface area contributed by atoms with Crippen LogP contribution in [0.15, 0.2) is 24.5 Å². The average molecular weight is 444 g/mol. The molecule has 2 aliphatic rings. The lowest BCUT2D eigenvalue weighted by molar-refractivity contribution is -0.133. The number of amides is 1. The van der Waals surface area contributed by atoms with E-state index in [0.717, 1.165) is 36.5 Å². The number of aromatic nitrogens is 2. The molecule has 172 valence electrons. The van der Waals surface area contributed by atoms with Crippen molar-refractivity contribution in [2.75, 3.05) is 37.6 Å². The second-order valence-corrected chi connectivity index (χ2v) is 9.10. The summed E-state index contributed by atoms with van der Waals surface area (Å²) in [5.41, 5.74) is 2.87. The highest BCUT2D eigenvalue weighted by Gasteiger charge is 2.32. The van der Waals surface area contributed by atoms with Crippen LogP contribution in [0.5, 0.6) is 0 Å². The molecule has 32 heavy (non-hydrogen) atoms. The van der Waals surface area contributed by atoms with Crippen molar-refractivity contribution in [3.63, 3.8) is 0 Å². The molecule has 0 unspecified atom stereocenters. The topological polar surface area (TPSA) is 61.4 Å². The quantitative estimate of drug-likeness (QED) is 0.743. The van der Waals surface area contributed by atoms with Crippen LogP contribution in [-0.4, -0.2) is 59.5 Å². The monoisotopic (exact) mass is 443 g/mol. The van der Waals surface area contributed by atoms with E-state index in [1.54, 1.807) is 6.33 Å². The largest absolute Gasteiger partial charge is 0.353 e. The number of rotatable bonds is 6. The number of carbonyl (C=O) groups is 1. The van der Waals surface area contributed by atoms with Gasteiger partial charge in [-0.15, -0.1) is 0 Å². The van der Waals surface area contributed by atoms with Gasteiger partial charge in [0.15, 0.2) is 11.6 Å². The van der Waals surface area contributed by atoms with Crippen LogP contribution < -0.4 is 10.2 Å². The van der Waals surface area contributed by atoms with E-state index >= 15 is 0 Å². The Morgan fingerprint density at radius 1 is 1.16 bits per heavy atom. The summed E-state index contributed by atoms with van der Waals surface area (Å²) in [7, 11) is 0. The number of benzene rings is 1. The zero-order chi connectivity index (χ0) is 22.8. The number of fused-ring (bicyclic) bond motifs is 1.